The highest BCUT2D eigenvalue weighted by Gasteiger charge is 2.16. The maximum atomic E-state index is 13.5. The highest BCUT2D eigenvalue weighted by molar-refractivity contribution is 5.75. The first kappa shape index (κ1) is 17.5. The van der Waals surface area contributed by atoms with Crippen LogP contribution in [0.15, 0.2) is 48.8 Å². The second-order valence-electron chi connectivity index (χ2n) is 6.23. The third-order valence-electron chi connectivity index (χ3n) is 3.49. The maximum Gasteiger partial charge on any atom is 0.242 e. The lowest BCUT2D eigenvalue weighted by atomic mass is 10.1. The van der Waals surface area contributed by atoms with Gasteiger partial charge in [0, 0.05) is 25.2 Å². The Balaban J connectivity index is 1.74. The molecule has 0 spiro atoms. The van der Waals surface area contributed by atoms with Crippen LogP contribution in [0.3, 0.4) is 0 Å². The van der Waals surface area contributed by atoms with Crippen LogP contribution in [0.2, 0.25) is 0 Å². The number of ether oxygens (including phenoxy) is 1. The zero-order valence-corrected chi connectivity index (χ0v) is 14.6. The Hall–Kier alpha value is -3.35. The van der Waals surface area contributed by atoms with E-state index in [1.807, 2.05) is 12.1 Å². The number of rotatable bonds is 5. The molecule has 0 aliphatic carbocycles. The number of hydrogen-bond donors (Lipinski definition) is 2. The van der Waals surface area contributed by atoms with Crippen LogP contribution in [0.4, 0.5) is 15.8 Å². The van der Waals surface area contributed by atoms with Crippen molar-refractivity contribution >= 4 is 23.5 Å². The van der Waals surface area contributed by atoms with Gasteiger partial charge in [-0.1, -0.05) is 6.07 Å². The third kappa shape index (κ3) is 4.38. The molecular weight excluding hydrogens is 333 g/mol. The molecule has 6 nitrogen and oxygen atoms in total. The molecule has 3 aromatic rings. The fourth-order valence-corrected chi connectivity index (χ4v) is 2.33. The SMILES string of the molecule is CC(C)(F)Oc1ccc(-n2cnc(/C=C/c3ccc(N)cc3N)n2)cc1. The van der Waals surface area contributed by atoms with Crippen LogP contribution in [0, 0.1) is 0 Å². The molecule has 0 aliphatic heterocycles. The van der Waals surface area contributed by atoms with E-state index >= 15 is 0 Å². The predicted octanol–water partition coefficient (Wildman–Crippen LogP) is 3.69. The van der Waals surface area contributed by atoms with Gasteiger partial charge in [-0.25, -0.2) is 9.67 Å². The van der Waals surface area contributed by atoms with Gasteiger partial charge in [0.15, 0.2) is 5.82 Å². The van der Waals surface area contributed by atoms with E-state index in [1.165, 1.54) is 13.8 Å². The average molecular weight is 353 g/mol. The molecule has 1 aromatic heterocycles. The average Bonchev–Trinajstić information content (AvgIpc) is 3.02. The first-order valence-corrected chi connectivity index (χ1v) is 8.03. The lowest BCUT2D eigenvalue weighted by Gasteiger charge is -2.17. The van der Waals surface area contributed by atoms with Gasteiger partial charge in [-0.3, -0.25) is 0 Å². The Morgan fingerprint density at radius 1 is 1.08 bits per heavy atom. The zero-order valence-electron chi connectivity index (χ0n) is 14.6. The summed E-state index contributed by atoms with van der Waals surface area (Å²) in [6.07, 6.45) is 5.19. The van der Waals surface area contributed by atoms with Crippen molar-refractivity contribution in [1.29, 1.82) is 0 Å². The normalized spacial score (nSPS) is 11.8. The minimum absolute atomic E-state index is 0.445. The summed E-state index contributed by atoms with van der Waals surface area (Å²) in [6, 6.07) is 12.2. The summed E-state index contributed by atoms with van der Waals surface area (Å²) in [5, 5.41) is 4.39. The van der Waals surface area contributed by atoms with Gasteiger partial charge in [-0.15, -0.1) is 5.10 Å². The molecule has 4 N–H and O–H groups in total. The number of nitrogens with zero attached hydrogens (tertiary/aromatic N) is 3. The molecule has 1 heterocycles. The number of aromatic nitrogens is 3. The standard InChI is InChI=1S/C19H20FN5O/c1-19(2,20)26-16-8-6-15(7-9-16)25-12-23-18(24-25)10-4-13-3-5-14(21)11-17(13)22/h3-12H,21-22H2,1-2H3/b10-4+. The number of nitrogens with two attached hydrogens (primary N) is 2. The Morgan fingerprint density at radius 3 is 2.46 bits per heavy atom. The van der Waals surface area contributed by atoms with E-state index in [4.69, 9.17) is 16.2 Å². The van der Waals surface area contributed by atoms with Gasteiger partial charge in [-0.05, 0) is 54.1 Å². The van der Waals surface area contributed by atoms with Gasteiger partial charge < -0.3 is 16.2 Å². The van der Waals surface area contributed by atoms with Crippen LogP contribution >= 0.6 is 0 Å². The van der Waals surface area contributed by atoms with Crippen molar-refractivity contribution in [3.8, 4) is 11.4 Å². The first-order valence-electron chi connectivity index (χ1n) is 8.03. The van der Waals surface area contributed by atoms with Crippen LogP contribution in [0.1, 0.15) is 25.2 Å². The van der Waals surface area contributed by atoms with Crippen LogP contribution in [-0.4, -0.2) is 20.6 Å². The molecule has 0 amide bonds. The second-order valence-corrected chi connectivity index (χ2v) is 6.23. The molecular formula is C19H20FN5O. The van der Waals surface area contributed by atoms with Gasteiger partial charge in [0.2, 0.25) is 5.85 Å². The Labute approximate surface area is 150 Å². The minimum Gasteiger partial charge on any atom is -0.459 e. The highest BCUT2D eigenvalue weighted by Crippen LogP contribution is 2.21. The van der Waals surface area contributed by atoms with Gasteiger partial charge >= 0.3 is 0 Å². The van der Waals surface area contributed by atoms with Gasteiger partial charge in [-0.2, -0.15) is 4.39 Å². The summed E-state index contributed by atoms with van der Waals surface area (Å²) in [5.41, 5.74) is 14.4. The van der Waals surface area contributed by atoms with Crippen molar-refractivity contribution in [3.05, 3.63) is 60.2 Å². The predicted molar refractivity (Wildman–Crippen MR) is 101 cm³/mol. The molecule has 2 aromatic carbocycles. The van der Waals surface area contributed by atoms with Crippen LogP contribution in [-0.2, 0) is 0 Å². The number of anilines is 2. The molecule has 0 atom stereocenters. The van der Waals surface area contributed by atoms with Crippen molar-refractivity contribution in [3.63, 3.8) is 0 Å². The zero-order chi connectivity index (χ0) is 18.7. The van der Waals surface area contributed by atoms with E-state index in [2.05, 4.69) is 10.1 Å². The summed E-state index contributed by atoms with van der Waals surface area (Å²) >= 11 is 0. The summed E-state index contributed by atoms with van der Waals surface area (Å²) in [6.45, 7) is 2.70. The molecule has 0 saturated carbocycles. The smallest absolute Gasteiger partial charge is 0.242 e. The maximum absolute atomic E-state index is 13.5. The lowest BCUT2D eigenvalue weighted by Crippen LogP contribution is -2.20. The molecule has 0 radical (unpaired) electrons. The molecule has 0 bridgehead atoms. The number of alkyl halides is 1. The molecule has 0 aliphatic rings. The molecule has 26 heavy (non-hydrogen) atoms. The highest BCUT2D eigenvalue weighted by atomic mass is 19.2. The van der Waals surface area contributed by atoms with Gasteiger partial charge in [0.25, 0.3) is 0 Å². The van der Waals surface area contributed by atoms with E-state index in [1.54, 1.807) is 53.5 Å². The Bertz CT molecular complexity index is 926. The van der Waals surface area contributed by atoms with Gasteiger partial charge in [0.1, 0.15) is 12.1 Å². The van der Waals surface area contributed by atoms with Gasteiger partial charge in [0.05, 0.1) is 5.69 Å². The van der Waals surface area contributed by atoms with Crippen LogP contribution < -0.4 is 16.2 Å². The Kier molecular flexibility index (Phi) is 4.62. The summed E-state index contributed by atoms with van der Waals surface area (Å²) in [7, 11) is 0. The summed E-state index contributed by atoms with van der Waals surface area (Å²) in [5.74, 6) is -0.747. The molecule has 134 valence electrons. The molecule has 3 rings (SSSR count). The van der Waals surface area contributed by atoms with E-state index < -0.39 is 5.85 Å². The quantitative estimate of drug-likeness (QED) is 0.683. The minimum atomic E-state index is -1.73. The van der Waals surface area contributed by atoms with Crippen molar-refractivity contribution in [2.45, 2.75) is 19.7 Å². The largest absolute Gasteiger partial charge is 0.459 e. The van der Waals surface area contributed by atoms with E-state index in [0.29, 0.717) is 22.9 Å². The summed E-state index contributed by atoms with van der Waals surface area (Å²) < 4.78 is 20.3. The fourth-order valence-electron chi connectivity index (χ4n) is 2.33. The van der Waals surface area contributed by atoms with Crippen molar-refractivity contribution in [1.82, 2.24) is 14.8 Å². The number of benzene rings is 2. The molecule has 0 saturated heterocycles. The fraction of sp³-hybridized carbons (Fsp3) is 0.158. The topological polar surface area (TPSA) is 92.0 Å². The summed E-state index contributed by atoms with van der Waals surface area (Å²) in [4.78, 5) is 4.24. The molecule has 0 unspecified atom stereocenters. The molecule has 7 heteroatoms. The van der Waals surface area contributed by atoms with Crippen molar-refractivity contribution in [2.24, 2.45) is 0 Å². The Morgan fingerprint density at radius 2 is 1.81 bits per heavy atom. The second kappa shape index (κ2) is 6.87. The first-order chi connectivity index (χ1) is 12.3. The number of hydrogen-bond acceptors (Lipinski definition) is 5. The van der Waals surface area contributed by atoms with E-state index in [9.17, 15) is 4.39 Å². The number of nitrogen functional groups attached to an aromatic ring is 2. The van der Waals surface area contributed by atoms with Crippen molar-refractivity contribution < 1.29 is 9.13 Å². The molecule has 0 fully saturated rings. The number of halogens is 1. The van der Waals surface area contributed by atoms with Crippen LogP contribution in [0.25, 0.3) is 17.8 Å². The third-order valence-corrected chi connectivity index (χ3v) is 3.49. The van der Waals surface area contributed by atoms with E-state index in [0.717, 1.165) is 11.3 Å². The lowest BCUT2D eigenvalue weighted by molar-refractivity contribution is -0.0257. The van der Waals surface area contributed by atoms with Crippen molar-refractivity contribution in [2.75, 3.05) is 11.5 Å². The van der Waals surface area contributed by atoms with Crippen LogP contribution in [0.5, 0.6) is 5.75 Å². The van der Waals surface area contributed by atoms with E-state index in [-0.39, 0.29) is 0 Å². The monoisotopic (exact) mass is 353 g/mol.